The van der Waals surface area contributed by atoms with Gasteiger partial charge in [0, 0.05) is 0 Å². The van der Waals surface area contributed by atoms with Crippen LogP contribution in [0.5, 0.6) is 0 Å². The minimum Gasteiger partial charge on any atom is -0.254 e. The SMILES string of the molecule is O=C(Cl)NN(c1ccccc1)c1ccccc1. The quantitative estimate of drug-likeness (QED) is 0.509. The summed E-state index contributed by atoms with van der Waals surface area (Å²) < 4.78 is 0. The number of para-hydroxylation sites is 2. The standard InChI is InChI=1S/C13H11ClN2O/c14-13(17)15-16(11-7-3-1-4-8-11)12-9-5-2-6-10-12/h1-10H,(H,15,17). The molecule has 0 heterocycles. The average Bonchev–Trinajstić information content (AvgIpc) is 2.38. The van der Waals surface area contributed by atoms with Crippen molar-refractivity contribution in [2.45, 2.75) is 0 Å². The number of hydrazine groups is 1. The van der Waals surface area contributed by atoms with E-state index in [0.717, 1.165) is 11.4 Å². The molecule has 1 N–H and O–H groups in total. The molecule has 0 aromatic heterocycles. The van der Waals surface area contributed by atoms with Crippen molar-refractivity contribution in [2.24, 2.45) is 0 Å². The molecule has 2 aromatic rings. The average molecular weight is 247 g/mol. The van der Waals surface area contributed by atoms with Gasteiger partial charge in [0.05, 0.1) is 11.4 Å². The highest BCUT2D eigenvalue weighted by molar-refractivity contribution is 6.63. The van der Waals surface area contributed by atoms with E-state index in [0.29, 0.717) is 0 Å². The third-order valence-corrected chi connectivity index (χ3v) is 2.31. The molecule has 0 aliphatic rings. The molecule has 0 radical (unpaired) electrons. The van der Waals surface area contributed by atoms with Crippen LogP contribution >= 0.6 is 11.6 Å². The highest BCUT2D eigenvalue weighted by atomic mass is 35.5. The third-order valence-electron chi connectivity index (χ3n) is 2.23. The maximum absolute atomic E-state index is 11.0. The Morgan fingerprint density at radius 1 is 0.882 bits per heavy atom. The highest BCUT2D eigenvalue weighted by Crippen LogP contribution is 2.22. The van der Waals surface area contributed by atoms with E-state index >= 15 is 0 Å². The summed E-state index contributed by atoms with van der Waals surface area (Å²) in [5.74, 6) is 0. The second kappa shape index (κ2) is 5.37. The summed E-state index contributed by atoms with van der Waals surface area (Å²) in [4.78, 5) is 11.0. The molecule has 2 aromatic carbocycles. The van der Waals surface area contributed by atoms with E-state index < -0.39 is 5.37 Å². The third kappa shape index (κ3) is 2.98. The van der Waals surface area contributed by atoms with Crippen LogP contribution in [0.15, 0.2) is 60.7 Å². The first kappa shape index (κ1) is 11.5. The molecule has 0 aliphatic carbocycles. The van der Waals surface area contributed by atoms with Crippen molar-refractivity contribution < 1.29 is 4.79 Å². The number of benzene rings is 2. The van der Waals surface area contributed by atoms with Gasteiger partial charge in [-0.05, 0) is 35.9 Å². The van der Waals surface area contributed by atoms with Gasteiger partial charge in [0.25, 0.3) is 0 Å². The fourth-order valence-electron chi connectivity index (χ4n) is 1.52. The number of hydrogen-bond acceptors (Lipinski definition) is 2. The van der Waals surface area contributed by atoms with Gasteiger partial charge in [0.15, 0.2) is 0 Å². The molecule has 0 aliphatic heterocycles. The Bertz CT molecular complexity index is 448. The molecule has 0 spiro atoms. The van der Waals surface area contributed by atoms with Gasteiger partial charge >= 0.3 is 5.37 Å². The van der Waals surface area contributed by atoms with Crippen LogP contribution in [0.1, 0.15) is 0 Å². The van der Waals surface area contributed by atoms with E-state index in [4.69, 9.17) is 11.6 Å². The van der Waals surface area contributed by atoms with Gasteiger partial charge in [-0.1, -0.05) is 36.4 Å². The number of nitrogens with one attached hydrogen (secondary N) is 1. The molecule has 1 amide bonds. The number of hydrogen-bond donors (Lipinski definition) is 1. The lowest BCUT2D eigenvalue weighted by Crippen LogP contribution is -2.35. The summed E-state index contributed by atoms with van der Waals surface area (Å²) in [7, 11) is 0. The van der Waals surface area contributed by atoms with Crippen LogP contribution in [0.2, 0.25) is 0 Å². The van der Waals surface area contributed by atoms with E-state index in [1.807, 2.05) is 60.7 Å². The lowest BCUT2D eigenvalue weighted by atomic mass is 10.2. The van der Waals surface area contributed by atoms with Crippen molar-refractivity contribution in [3.05, 3.63) is 60.7 Å². The first-order valence-corrected chi connectivity index (χ1v) is 5.51. The molecule has 3 nitrogen and oxygen atoms in total. The van der Waals surface area contributed by atoms with Gasteiger partial charge in [-0.3, -0.25) is 9.80 Å². The normalized spacial score (nSPS) is 9.71. The van der Waals surface area contributed by atoms with Crippen molar-refractivity contribution in [2.75, 3.05) is 5.01 Å². The van der Waals surface area contributed by atoms with Crippen molar-refractivity contribution in [1.82, 2.24) is 5.43 Å². The minimum atomic E-state index is -0.627. The molecule has 0 unspecified atom stereocenters. The van der Waals surface area contributed by atoms with Crippen molar-refractivity contribution >= 4 is 28.3 Å². The van der Waals surface area contributed by atoms with E-state index in [2.05, 4.69) is 5.43 Å². The summed E-state index contributed by atoms with van der Waals surface area (Å²) in [6.07, 6.45) is 0. The van der Waals surface area contributed by atoms with E-state index in [1.165, 1.54) is 0 Å². The van der Waals surface area contributed by atoms with Crippen LogP contribution in [0.25, 0.3) is 0 Å². The first-order valence-electron chi connectivity index (χ1n) is 5.14. The Kier molecular flexibility index (Phi) is 3.62. The van der Waals surface area contributed by atoms with E-state index in [1.54, 1.807) is 5.01 Å². The molecule has 4 heteroatoms. The molecule has 2 rings (SSSR count). The topological polar surface area (TPSA) is 32.3 Å². The lowest BCUT2D eigenvalue weighted by molar-refractivity contribution is 0.260. The zero-order valence-corrected chi connectivity index (χ0v) is 9.76. The summed E-state index contributed by atoms with van der Waals surface area (Å²) in [5.41, 5.74) is 4.25. The lowest BCUT2D eigenvalue weighted by Gasteiger charge is -2.23. The number of nitrogens with zero attached hydrogens (tertiary/aromatic N) is 1. The van der Waals surface area contributed by atoms with Crippen LogP contribution in [-0.4, -0.2) is 5.37 Å². The summed E-state index contributed by atoms with van der Waals surface area (Å²) in [6, 6.07) is 19.0. The van der Waals surface area contributed by atoms with E-state index in [9.17, 15) is 4.79 Å². The van der Waals surface area contributed by atoms with Gasteiger partial charge < -0.3 is 0 Å². The number of amides is 1. The molecule has 0 saturated carbocycles. The molecule has 17 heavy (non-hydrogen) atoms. The monoisotopic (exact) mass is 246 g/mol. The predicted molar refractivity (Wildman–Crippen MR) is 69.4 cm³/mol. The molecule has 86 valence electrons. The number of rotatable bonds is 3. The summed E-state index contributed by atoms with van der Waals surface area (Å²) >= 11 is 5.38. The molecule has 0 atom stereocenters. The summed E-state index contributed by atoms with van der Waals surface area (Å²) in [5, 5.41) is 1.01. The van der Waals surface area contributed by atoms with Gasteiger partial charge in [0.1, 0.15) is 0 Å². The van der Waals surface area contributed by atoms with Crippen LogP contribution in [0, 0.1) is 0 Å². The van der Waals surface area contributed by atoms with Gasteiger partial charge in [-0.25, -0.2) is 5.43 Å². The second-order valence-electron chi connectivity index (χ2n) is 3.39. The number of halogens is 1. The molecular weight excluding hydrogens is 236 g/mol. The van der Waals surface area contributed by atoms with Crippen molar-refractivity contribution in [3.63, 3.8) is 0 Å². The fraction of sp³-hybridized carbons (Fsp3) is 0. The van der Waals surface area contributed by atoms with Gasteiger partial charge in [0.2, 0.25) is 0 Å². The van der Waals surface area contributed by atoms with Crippen LogP contribution in [0.3, 0.4) is 0 Å². The van der Waals surface area contributed by atoms with Crippen LogP contribution < -0.4 is 10.4 Å². The Hall–Kier alpha value is -2.00. The highest BCUT2D eigenvalue weighted by Gasteiger charge is 2.10. The maximum atomic E-state index is 11.0. The summed E-state index contributed by atoms with van der Waals surface area (Å²) in [6.45, 7) is 0. The minimum absolute atomic E-state index is 0.627. The molecular formula is C13H11ClN2O. The molecule has 0 fully saturated rings. The molecule has 0 saturated heterocycles. The van der Waals surface area contributed by atoms with E-state index in [-0.39, 0.29) is 0 Å². The molecule has 0 bridgehead atoms. The second-order valence-corrected chi connectivity index (χ2v) is 3.74. The number of carbonyl (C=O) groups excluding carboxylic acids is 1. The Labute approximate surface area is 105 Å². The van der Waals surface area contributed by atoms with Crippen molar-refractivity contribution in [1.29, 1.82) is 0 Å². The zero-order valence-electron chi connectivity index (χ0n) is 9.01. The zero-order chi connectivity index (χ0) is 12.1. The Morgan fingerprint density at radius 3 is 1.65 bits per heavy atom. The number of carbonyl (C=O) groups is 1. The van der Waals surface area contributed by atoms with Crippen LogP contribution in [0.4, 0.5) is 16.2 Å². The Balaban J connectivity index is 2.36. The predicted octanol–water partition coefficient (Wildman–Crippen LogP) is 3.69. The first-order chi connectivity index (χ1) is 8.27. The van der Waals surface area contributed by atoms with Gasteiger partial charge in [-0.2, -0.15) is 0 Å². The maximum Gasteiger partial charge on any atom is 0.332 e. The van der Waals surface area contributed by atoms with Crippen molar-refractivity contribution in [3.8, 4) is 0 Å². The number of anilines is 2. The Morgan fingerprint density at radius 2 is 1.29 bits per heavy atom. The van der Waals surface area contributed by atoms with Crippen LogP contribution in [-0.2, 0) is 0 Å². The fourth-order valence-corrected chi connectivity index (χ4v) is 1.60. The largest absolute Gasteiger partial charge is 0.332 e. The van der Waals surface area contributed by atoms with Gasteiger partial charge in [-0.15, -0.1) is 0 Å². The smallest absolute Gasteiger partial charge is 0.254 e.